The predicted molar refractivity (Wildman–Crippen MR) is 143 cm³/mol. The first kappa shape index (κ1) is 24.5. The lowest BCUT2D eigenvalue weighted by atomic mass is 9.94. The number of rotatable bonds is 6. The maximum Gasteiger partial charge on any atom is 0.266 e. The molecule has 0 atom stereocenters. The monoisotopic (exact) mass is 498 g/mol. The number of para-hydroxylation sites is 1. The van der Waals surface area contributed by atoms with Gasteiger partial charge in [-0.25, -0.2) is 0 Å². The number of piperidine rings is 1. The number of anilines is 1. The summed E-state index contributed by atoms with van der Waals surface area (Å²) in [7, 11) is 0. The molecule has 2 amide bonds. The van der Waals surface area contributed by atoms with Gasteiger partial charge in [0.25, 0.3) is 11.5 Å². The molecule has 2 aliphatic rings. The van der Waals surface area contributed by atoms with Crippen LogP contribution in [0.4, 0.5) is 5.69 Å². The van der Waals surface area contributed by atoms with Crippen molar-refractivity contribution in [1.82, 2.24) is 9.47 Å². The van der Waals surface area contributed by atoms with E-state index in [9.17, 15) is 14.4 Å². The zero-order valence-corrected chi connectivity index (χ0v) is 21.4. The summed E-state index contributed by atoms with van der Waals surface area (Å²) in [6.07, 6.45) is 2.99. The minimum atomic E-state index is -0.278. The molecule has 4 rings (SSSR count). The number of fused-ring (bicyclic) bond motifs is 1. The number of primary amides is 1. The molecule has 34 heavy (non-hydrogen) atoms. The van der Waals surface area contributed by atoms with Crippen LogP contribution in [-0.4, -0.2) is 45.2 Å². The van der Waals surface area contributed by atoms with Gasteiger partial charge in [-0.3, -0.25) is 19.3 Å². The molecule has 9 heteroatoms. The topological polar surface area (TPSA) is 88.6 Å². The van der Waals surface area contributed by atoms with Crippen molar-refractivity contribution in [2.75, 3.05) is 24.5 Å². The van der Waals surface area contributed by atoms with E-state index >= 15 is 0 Å². The largest absolute Gasteiger partial charge is 0.370 e. The summed E-state index contributed by atoms with van der Waals surface area (Å²) >= 11 is 6.72. The number of hydrogen-bond acceptors (Lipinski definition) is 6. The van der Waals surface area contributed by atoms with Crippen molar-refractivity contribution in [3.05, 3.63) is 45.1 Å². The van der Waals surface area contributed by atoms with Crippen molar-refractivity contribution in [3.8, 4) is 0 Å². The summed E-state index contributed by atoms with van der Waals surface area (Å²) in [6, 6.07) is 7.84. The van der Waals surface area contributed by atoms with Gasteiger partial charge in [0, 0.05) is 37.5 Å². The average Bonchev–Trinajstić information content (AvgIpc) is 3.07. The van der Waals surface area contributed by atoms with Crippen molar-refractivity contribution < 1.29 is 9.59 Å². The number of thioether (sulfide) groups is 1. The van der Waals surface area contributed by atoms with E-state index in [1.165, 1.54) is 11.8 Å². The van der Waals surface area contributed by atoms with E-state index < -0.39 is 0 Å². The Morgan fingerprint density at radius 3 is 2.53 bits per heavy atom. The number of thiocarbonyl (C=S) groups is 1. The molecule has 0 radical (unpaired) electrons. The predicted octanol–water partition coefficient (Wildman–Crippen LogP) is 3.58. The molecule has 180 valence electrons. The highest BCUT2D eigenvalue weighted by atomic mass is 32.2. The molecule has 3 heterocycles. The molecule has 0 saturated carbocycles. The second-order valence-corrected chi connectivity index (χ2v) is 10.9. The Morgan fingerprint density at radius 2 is 1.91 bits per heavy atom. The Hall–Kier alpha value is -2.65. The number of hydrogen-bond donors (Lipinski definition) is 1. The van der Waals surface area contributed by atoms with Crippen LogP contribution in [0, 0.1) is 11.8 Å². The molecule has 1 aromatic carbocycles. The number of aromatic nitrogens is 1. The van der Waals surface area contributed by atoms with Gasteiger partial charge in [0.05, 0.1) is 21.7 Å². The van der Waals surface area contributed by atoms with Gasteiger partial charge in [0.1, 0.15) is 4.32 Å². The van der Waals surface area contributed by atoms with E-state index in [0.717, 1.165) is 16.6 Å². The third-order valence-electron chi connectivity index (χ3n) is 6.41. The SMILES string of the molecule is CCn1c(=O)c(C=C2SC(=S)N(CC(C)C)C2=O)c(N2CCC(C(N)=O)CC2)c2ccccc21. The Kier molecular flexibility index (Phi) is 7.14. The number of nitrogens with zero attached hydrogens (tertiary/aromatic N) is 3. The van der Waals surface area contributed by atoms with Crippen molar-refractivity contribution in [2.24, 2.45) is 17.6 Å². The quantitative estimate of drug-likeness (QED) is 0.484. The van der Waals surface area contributed by atoms with E-state index in [4.69, 9.17) is 18.0 Å². The van der Waals surface area contributed by atoms with Crippen LogP contribution in [0.1, 0.15) is 39.2 Å². The zero-order chi connectivity index (χ0) is 24.6. The Morgan fingerprint density at radius 1 is 1.24 bits per heavy atom. The maximum absolute atomic E-state index is 13.7. The summed E-state index contributed by atoms with van der Waals surface area (Å²) < 4.78 is 2.26. The first-order valence-electron chi connectivity index (χ1n) is 11.7. The average molecular weight is 499 g/mol. The van der Waals surface area contributed by atoms with Gasteiger partial charge in [0.15, 0.2) is 0 Å². The highest BCUT2D eigenvalue weighted by Gasteiger charge is 2.34. The molecule has 0 spiro atoms. The van der Waals surface area contributed by atoms with Crippen molar-refractivity contribution in [3.63, 3.8) is 0 Å². The summed E-state index contributed by atoms with van der Waals surface area (Å²) in [6.45, 7) is 8.31. The molecule has 2 N–H and O–H groups in total. The van der Waals surface area contributed by atoms with E-state index in [2.05, 4.69) is 4.90 Å². The molecule has 1 aromatic heterocycles. The molecular formula is C25H30N4O3S2. The van der Waals surface area contributed by atoms with Gasteiger partial charge in [0.2, 0.25) is 5.91 Å². The van der Waals surface area contributed by atoms with Gasteiger partial charge >= 0.3 is 0 Å². The molecule has 2 fully saturated rings. The first-order valence-corrected chi connectivity index (χ1v) is 12.9. The van der Waals surface area contributed by atoms with Crippen LogP contribution in [0.15, 0.2) is 34.0 Å². The van der Waals surface area contributed by atoms with E-state index in [1.54, 1.807) is 15.5 Å². The molecule has 0 bridgehead atoms. The Labute approximate surface area is 209 Å². The smallest absolute Gasteiger partial charge is 0.266 e. The summed E-state index contributed by atoms with van der Waals surface area (Å²) in [5.74, 6) is -0.311. The van der Waals surface area contributed by atoms with Crippen LogP contribution in [0.25, 0.3) is 17.0 Å². The lowest BCUT2D eigenvalue weighted by molar-refractivity contribution is -0.123. The molecule has 2 aromatic rings. The fourth-order valence-electron chi connectivity index (χ4n) is 4.74. The van der Waals surface area contributed by atoms with Gasteiger partial charge in [-0.1, -0.05) is 56.0 Å². The standard InChI is InChI=1S/C25H30N4O3S2/c1-4-28-19-8-6-5-7-17(19)21(27-11-9-16(10-12-27)22(26)30)18(23(28)31)13-20-24(32)29(14-15(2)3)25(33)34-20/h5-8,13,15-16H,4,9-12,14H2,1-3H3,(H2,26,30). The van der Waals surface area contributed by atoms with E-state index in [1.807, 2.05) is 45.0 Å². The lowest BCUT2D eigenvalue weighted by Gasteiger charge is -2.34. The molecule has 7 nitrogen and oxygen atoms in total. The van der Waals surface area contributed by atoms with Crippen LogP contribution in [0.5, 0.6) is 0 Å². The number of amides is 2. The lowest BCUT2D eigenvalue weighted by Crippen LogP contribution is -2.40. The summed E-state index contributed by atoms with van der Waals surface area (Å²) in [5, 5.41) is 0.949. The van der Waals surface area contributed by atoms with Gasteiger partial charge in [-0.15, -0.1) is 0 Å². The van der Waals surface area contributed by atoms with Crippen LogP contribution < -0.4 is 16.2 Å². The summed E-state index contributed by atoms with van der Waals surface area (Å²) in [4.78, 5) is 42.8. The van der Waals surface area contributed by atoms with E-state index in [0.29, 0.717) is 53.8 Å². The zero-order valence-electron chi connectivity index (χ0n) is 19.7. The van der Waals surface area contributed by atoms with Crippen molar-refractivity contribution >= 4 is 62.8 Å². The number of aryl methyl sites for hydroxylation is 1. The highest BCUT2D eigenvalue weighted by molar-refractivity contribution is 8.26. The van der Waals surface area contributed by atoms with Crippen LogP contribution >= 0.6 is 24.0 Å². The minimum Gasteiger partial charge on any atom is -0.370 e. The van der Waals surface area contributed by atoms with Crippen molar-refractivity contribution in [2.45, 2.75) is 40.2 Å². The van der Waals surface area contributed by atoms with Crippen LogP contribution in [0.2, 0.25) is 0 Å². The second kappa shape index (κ2) is 9.92. The molecule has 0 unspecified atom stereocenters. The van der Waals surface area contributed by atoms with Crippen molar-refractivity contribution in [1.29, 1.82) is 0 Å². The summed E-state index contributed by atoms with van der Waals surface area (Å²) in [5.41, 5.74) is 7.55. The molecule has 2 saturated heterocycles. The number of carbonyl (C=O) groups excluding carboxylic acids is 2. The van der Waals surface area contributed by atoms with Crippen LogP contribution in [-0.2, 0) is 16.1 Å². The fourth-order valence-corrected chi connectivity index (χ4v) is 5.99. The molecule has 0 aliphatic carbocycles. The normalized spacial score (nSPS) is 18.6. The number of pyridine rings is 1. The second-order valence-electron chi connectivity index (χ2n) is 9.18. The fraction of sp³-hybridized carbons (Fsp3) is 0.440. The van der Waals surface area contributed by atoms with Crippen LogP contribution in [0.3, 0.4) is 0 Å². The molecular weight excluding hydrogens is 468 g/mol. The number of nitrogens with two attached hydrogens (primary N) is 1. The Bertz CT molecular complexity index is 1240. The number of benzene rings is 1. The minimum absolute atomic E-state index is 0.137. The number of carbonyl (C=O) groups is 2. The van der Waals surface area contributed by atoms with Gasteiger partial charge in [-0.05, 0) is 37.8 Å². The third-order valence-corrected chi connectivity index (χ3v) is 7.78. The third kappa shape index (κ3) is 4.51. The highest BCUT2D eigenvalue weighted by Crippen LogP contribution is 2.37. The maximum atomic E-state index is 13.7. The van der Waals surface area contributed by atoms with Gasteiger partial charge < -0.3 is 15.2 Å². The van der Waals surface area contributed by atoms with Gasteiger partial charge in [-0.2, -0.15) is 0 Å². The van der Waals surface area contributed by atoms with E-state index in [-0.39, 0.29) is 29.2 Å². The Balaban J connectivity index is 1.87. The first-order chi connectivity index (χ1) is 16.2. The molecule has 2 aliphatic heterocycles.